The predicted octanol–water partition coefficient (Wildman–Crippen LogP) is 4.29. The van der Waals surface area contributed by atoms with Crippen molar-refractivity contribution in [3.05, 3.63) is 65.2 Å². The van der Waals surface area contributed by atoms with Crippen molar-refractivity contribution < 1.29 is 4.79 Å². The lowest BCUT2D eigenvalue weighted by Gasteiger charge is -2.26. The first-order valence-corrected chi connectivity index (χ1v) is 8.67. The van der Waals surface area contributed by atoms with Crippen LogP contribution in [0.1, 0.15) is 46.7 Å². The molecule has 1 amide bonds. The summed E-state index contributed by atoms with van der Waals surface area (Å²) >= 11 is 0. The fraction of sp³-hybridized carbons (Fsp3) is 0.381. The van der Waals surface area contributed by atoms with Gasteiger partial charge in [-0.05, 0) is 48.1 Å². The van der Waals surface area contributed by atoms with Gasteiger partial charge in [0.15, 0.2) is 0 Å². The molecule has 1 saturated carbocycles. The Bertz CT molecular complexity index is 702. The smallest absolute Gasteiger partial charge is 0.253 e. The highest BCUT2D eigenvalue weighted by Gasteiger charge is 2.20. The summed E-state index contributed by atoms with van der Waals surface area (Å²) in [5.74, 6) is 0.780. The minimum atomic E-state index is 0.0729. The standard InChI is InChI=1S/C21H26N2O/c1-22(2)20-10-5-4-7-19(20)15-23(3)21(24)18-13-11-17(12-14-18)16-8-6-9-16/h4-5,7,10-14,16H,6,8-9,15H2,1-3H3. The Kier molecular flexibility index (Phi) is 4.89. The van der Waals surface area contributed by atoms with Gasteiger partial charge in [0.2, 0.25) is 0 Å². The van der Waals surface area contributed by atoms with Gasteiger partial charge in [-0.25, -0.2) is 0 Å². The summed E-state index contributed by atoms with van der Waals surface area (Å²) in [7, 11) is 5.92. The maximum absolute atomic E-state index is 12.7. The molecule has 24 heavy (non-hydrogen) atoms. The molecule has 3 heteroatoms. The molecule has 0 unspecified atom stereocenters. The van der Waals surface area contributed by atoms with Crippen LogP contribution in [0.4, 0.5) is 5.69 Å². The van der Waals surface area contributed by atoms with E-state index in [1.807, 2.05) is 45.4 Å². The normalized spacial score (nSPS) is 14.1. The molecule has 3 rings (SSSR count). The molecular formula is C21H26N2O. The molecule has 0 bridgehead atoms. The van der Waals surface area contributed by atoms with Crippen LogP contribution < -0.4 is 4.90 Å². The summed E-state index contributed by atoms with van der Waals surface area (Å²) in [6.45, 7) is 0.609. The minimum absolute atomic E-state index is 0.0729. The van der Waals surface area contributed by atoms with Crippen LogP contribution in [0.15, 0.2) is 48.5 Å². The average Bonchev–Trinajstić information content (AvgIpc) is 2.53. The van der Waals surface area contributed by atoms with Crippen molar-refractivity contribution in [1.82, 2.24) is 4.90 Å². The number of benzene rings is 2. The van der Waals surface area contributed by atoms with E-state index in [1.54, 1.807) is 4.90 Å². The Hall–Kier alpha value is -2.29. The van der Waals surface area contributed by atoms with Crippen molar-refractivity contribution in [2.24, 2.45) is 0 Å². The Morgan fingerprint density at radius 3 is 2.25 bits per heavy atom. The number of amides is 1. The van der Waals surface area contributed by atoms with Crippen LogP contribution in [0.3, 0.4) is 0 Å². The summed E-state index contributed by atoms with van der Waals surface area (Å²) in [5, 5.41) is 0. The molecule has 1 aliphatic carbocycles. The maximum atomic E-state index is 12.7. The molecule has 0 N–H and O–H groups in total. The van der Waals surface area contributed by atoms with Gasteiger partial charge in [-0.2, -0.15) is 0 Å². The van der Waals surface area contributed by atoms with Gasteiger partial charge in [0.1, 0.15) is 0 Å². The Morgan fingerprint density at radius 2 is 1.67 bits per heavy atom. The third kappa shape index (κ3) is 3.45. The highest BCUT2D eigenvalue weighted by molar-refractivity contribution is 5.94. The second-order valence-electron chi connectivity index (χ2n) is 6.93. The molecule has 0 aliphatic heterocycles. The van der Waals surface area contributed by atoms with E-state index in [0.717, 1.165) is 16.8 Å². The van der Waals surface area contributed by atoms with Gasteiger partial charge in [-0.1, -0.05) is 36.8 Å². The molecule has 0 aromatic heterocycles. The van der Waals surface area contributed by atoms with E-state index in [-0.39, 0.29) is 5.91 Å². The van der Waals surface area contributed by atoms with Crippen molar-refractivity contribution in [3.8, 4) is 0 Å². The van der Waals surface area contributed by atoms with E-state index in [4.69, 9.17) is 0 Å². The SMILES string of the molecule is CN(Cc1ccccc1N(C)C)C(=O)c1ccc(C2CCC2)cc1. The summed E-state index contributed by atoms with van der Waals surface area (Å²) < 4.78 is 0. The van der Waals surface area contributed by atoms with E-state index >= 15 is 0 Å². The Labute approximate surface area is 144 Å². The summed E-state index contributed by atoms with van der Waals surface area (Å²) in [6, 6.07) is 16.4. The minimum Gasteiger partial charge on any atom is -0.377 e. The van der Waals surface area contributed by atoms with Crippen LogP contribution in [0.5, 0.6) is 0 Å². The molecule has 1 aliphatic rings. The van der Waals surface area contributed by atoms with Gasteiger partial charge in [0.25, 0.3) is 5.91 Å². The zero-order chi connectivity index (χ0) is 17.1. The third-order valence-corrected chi connectivity index (χ3v) is 4.96. The first-order chi connectivity index (χ1) is 11.6. The Balaban J connectivity index is 1.70. The zero-order valence-corrected chi connectivity index (χ0v) is 14.8. The quantitative estimate of drug-likeness (QED) is 0.820. The molecule has 0 spiro atoms. The van der Waals surface area contributed by atoms with Gasteiger partial charge < -0.3 is 9.80 Å². The van der Waals surface area contributed by atoms with Crippen LogP contribution in [-0.2, 0) is 6.54 Å². The van der Waals surface area contributed by atoms with Crippen molar-refractivity contribution in [2.75, 3.05) is 26.0 Å². The molecule has 0 saturated heterocycles. The number of rotatable bonds is 5. The molecule has 0 heterocycles. The fourth-order valence-electron chi connectivity index (χ4n) is 3.27. The number of nitrogens with zero attached hydrogens (tertiary/aromatic N) is 2. The molecule has 1 fully saturated rings. The number of anilines is 1. The number of hydrogen-bond acceptors (Lipinski definition) is 2. The largest absolute Gasteiger partial charge is 0.377 e. The van der Waals surface area contributed by atoms with Crippen LogP contribution in [0, 0.1) is 0 Å². The van der Waals surface area contributed by atoms with Gasteiger partial charge in [0.05, 0.1) is 0 Å². The van der Waals surface area contributed by atoms with Gasteiger partial charge in [-0.3, -0.25) is 4.79 Å². The molecule has 0 radical (unpaired) electrons. The predicted molar refractivity (Wildman–Crippen MR) is 99.6 cm³/mol. The van der Waals surface area contributed by atoms with Crippen LogP contribution in [0.25, 0.3) is 0 Å². The number of hydrogen-bond donors (Lipinski definition) is 0. The van der Waals surface area contributed by atoms with Crippen molar-refractivity contribution >= 4 is 11.6 Å². The van der Waals surface area contributed by atoms with Gasteiger partial charge in [0, 0.05) is 38.9 Å². The van der Waals surface area contributed by atoms with E-state index in [0.29, 0.717) is 12.5 Å². The van der Waals surface area contributed by atoms with Crippen molar-refractivity contribution in [1.29, 1.82) is 0 Å². The summed E-state index contributed by atoms with van der Waals surface area (Å²) in [4.78, 5) is 16.6. The first kappa shape index (κ1) is 16.6. The highest BCUT2D eigenvalue weighted by atomic mass is 16.2. The molecule has 2 aromatic carbocycles. The van der Waals surface area contributed by atoms with E-state index in [2.05, 4.69) is 29.2 Å². The van der Waals surface area contributed by atoms with E-state index < -0.39 is 0 Å². The van der Waals surface area contributed by atoms with Crippen molar-refractivity contribution in [2.45, 2.75) is 31.7 Å². The molecule has 3 nitrogen and oxygen atoms in total. The van der Waals surface area contributed by atoms with Gasteiger partial charge in [-0.15, -0.1) is 0 Å². The summed E-state index contributed by atoms with van der Waals surface area (Å²) in [5.41, 5.74) is 4.45. The highest BCUT2D eigenvalue weighted by Crippen LogP contribution is 2.36. The topological polar surface area (TPSA) is 23.6 Å². The lowest BCUT2D eigenvalue weighted by Crippen LogP contribution is -2.27. The van der Waals surface area contributed by atoms with Crippen LogP contribution >= 0.6 is 0 Å². The maximum Gasteiger partial charge on any atom is 0.253 e. The Morgan fingerprint density at radius 1 is 1.00 bits per heavy atom. The summed E-state index contributed by atoms with van der Waals surface area (Å²) in [6.07, 6.45) is 3.91. The zero-order valence-electron chi connectivity index (χ0n) is 14.8. The monoisotopic (exact) mass is 322 g/mol. The molecular weight excluding hydrogens is 296 g/mol. The third-order valence-electron chi connectivity index (χ3n) is 4.96. The number of carbonyl (C=O) groups is 1. The fourth-order valence-corrected chi connectivity index (χ4v) is 3.27. The van der Waals surface area contributed by atoms with Gasteiger partial charge >= 0.3 is 0 Å². The van der Waals surface area contributed by atoms with Crippen LogP contribution in [0.2, 0.25) is 0 Å². The second kappa shape index (κ2) is 7.08. The second-order valence-corrected chi connectivity index (χ2v) is 6.93. The molecule has 126 valence electrons. The van der Waals surface area contributed by atoms with E-state index in [9.17, 15) is 4.79 Å². The molecule has 0 atom stereocenters. The lowest BCUT2D eigenvalue weighted by molar-refractivity contribution is 0.0785. The molecule has 2 aromatic rings. The van der Waals surface area contributed by atoms with E-state index in [1.165, 1.54) is 24.8 Å². The first-order valence-electron chi connectivity index (χ1n) is 8.67. The van der Waals surface area contributed by atoms with Crippen molar-refractivity contribution in [3.63, 3.8) is 0 Å². The number of para-hydroxylation sites is 1. The number of carbonyl (C=O) groups excluding carboxylic acids is 1. The average molecular weight is 322 g/mol. The lowest BCUT2D eigenvalue weighted by atomic mass is 9.80. The van der Waals surface area contributed by atoms with Crippen LogP contribution in [-0.4, -0.2) is 32.0 Å².